The highest BCUT2D eigenvalue weighted by Crippen LogP contribution is 2.58. The van der Waals surface area contributed by atoms with E-state index in [1.54, 1.807) is 0 Å². The van der Waals surface area contributed by atoms with E-state index in [2.05, 4.69) is 166 Å². The standard InChI is InChI=1S/C46H35NO/c1-45(2)34-16-8-5-13-30(34)43-36(45)18-11-20-38(43)47(39-21-12-19-37-44(39)31-14-6-9-17-35(31)46(37,3)4)29-25-23-28-24-26-41-42(33(28)27-29)32-15-7-10-22-40(32)48-41/h5-27H,1-4H3. The number of hydrogen-bond acceptors (Lipinski definition) is 2. The molecular formula is C46H35NO. The van der Waals surface area contributed by atoms with Crippen LogP contribution in [0, 0.1) is 0 Å². The molecule has 0 bridgehead atoms. The van der Waals surface area contributed by atoms with E-state index in [-0.39, 0.29) is 10.8 Å². The van der Waals surface area contributed by atoms with Crippen molar-refractivity contribution in [3.8, 4) is 22.3 Å². The molecule has 0 N–H and O–H groups in total. The van der Waals surface area contributed by atoms with Gasteiger partial charge in [0.05, 0.1) is 11.4 Å². The largest absolute Gasteiger partial charge is 0.456 e. The molecule has 0 amide bonds. The van der Waals surface area contributed by atoms with Gasteiger partial charge >= 0.3 is 0 Å². The highest BCUT2D eigenvalue weighted by Gasteiger charge is 2.40. The van der Waals surface area contributed by atoms with Crippen LogP contribution in [-0.2, 0) is 10.8 Å². The van der Waals surface area contributed by atoms with E-state index in [1.807, 2.05) is 6.07 Å². The van der Waals surface area contributed by atoms with Crippen molar-refractivity contribution in [1.82, 2.24) is 0 Å². The van der Waals surface area contributed by atoms with Crippen molar-refractivity contribution < 1.29 is 4.42 Å². The van der Waals surface area contributed by atoms with Crippen LogP contribution in [-0.4, -0.2) is 0 Å². The lowest BCUT2D eigenvalue weighted by Gasteiger charge is -2.31. The smallest absolute Gasteiger partial charge is 0.136 e. The van der Waals surface area contributed by atoms with E-state index in [1.165, 1.54) is 72.0 Å². The zero-order chi connectivity index (χ0) is 32.4. The molecule has 0 radical (unpaired) electrons. The Labute approximate surface area is 280 Å². The molecule has 230 valence electrons. The van der Waals surface area contributed by atoms with Crippen LogP contribution in [0.1, 0.15) is 49.9 Å². The fourth-order valence-electron chi connectivity index (χ4n) is 8.92. The molecular weight excluding hydrogens is 583 g/mol. The zero-order valence-corrected chi connectivity index (χ0v) is 27.6. The Kier molecular flexibility index (Phi) is 5.44. The maximum atomic E-state index is 6.36. The van der Waals surface area contributed by atoms with Gasteiger partial charge < -0.3 is 9.32 Å². The predicted molar refractivity (Wildman–Crippen MR) is 201 cm³/mol. The van der Waals surface area contributed by atoms with Gasteiger partial charge in [-0.25, -0.2) is 0 Å². The minimum Gasteiger partial charge on any atom is -0.456 e. The molecule has 0 unspecified atom stereocenters. The second-order valence-corrected chi connectivity index (χ2v) is 14.5. The average Bonchev–Trinajstić information content (AvgIpc) is 3.69. The summed E-state index contributed by atoms with van der Waals surface area (Å²) in [6.45, 7) is 9.45. The fraction of sp³-hybridized carbons (Fsp3) is 0.130. The number of fused-ring (bicyclic) bond motifs is 11. The molecule has 7 aromatic carbocycles. The molecule has 2 nitrogen and oxygen atoms in total. The third kappa shape index (κ3) is 3.52. The van der Waals surface area contributed by atoms with Crippen LogP contribution >= 0.6 is 0 Å². The summed E-state index contributed by atoms with van der Waals surface area (Å²) in [4.78, 5) is 2.54. The monoisotopic (exact) mass is 617 g/mol. The summed E-state index contributed by atoms with van der Waals surface area (Å²) in [5.74, 6) is 0. The highest BCUT2D eigenvalue weighted by molar-refractivity contribution is 6.19. The summed E-state index contributed by atoms with van der Waals surface area (Å²) < 4.78 is 6.36. The molecule has 2 aliphatic carbocycles. The lowest BCUT2D eigenvalue weighted by molar-refractivity contribution is 0.660. The summed E-state index contributed by atoms with van der Waals surface area (Å²) in [7, 11) is 0. The number of nitrogens with zero attached hydrogens (tertiary/aromatic N) is 1. The second kappa shape index (κ2) is 9.49. The summed E-state index contributed by atoms with van der Waals surface area (Å²) >= 11 is 0. The third-order valence-corrected chi connectivity index (χ3v) is 11.3. The van der Waals surface area contributed by atoms with Gasteiger partial charge in [0.1, 0.15) is 11.2 Å². The maximum Gasteiger partial charge on any atom is 0.136 e. The van der Waals surface area contributed by atoms with Crippen molar-refractivity contribution in [2.75, 3.05) is 4.90 Å². The van der Waals surface area contributed by atoms with Crippen molar-refractivity contribution in [2.45, 2.75) is 38.5 Å². The van der Waals surface area contributed by atoms with Crippen molar-refractivity contribution in [2.24, 2.45) is 0 Å². The summed E-state index contributed by atoms with van der Waals surface area (Å²) in [6.07, 6.45) is 0. The molecule has 1 aromatic heterocycles. The molecule has 48 heavy (non-hydrogen) atoms. The van der Waals surface area contributed by atoms with Gasteiger partial charge in [-0.15, -0.1) is 0 Å². The van der Waals surface area contributed by atoms with Crippen LogP contribution in [0.3, 0.4) is 0 Å². The van der Waals surface area contributed by atoms with Gasteiger partial charge in [0.25, 0.3) is 0 Å². The Balaban J connectivity index is 1.33. The van der Waals surface area contributed by atoms with Crippen molar-refractivity contribution in [3.63, 3.8) is 0 Å². The van der Waals surface area contributed by atoms with Gasteiger partial charge in [0.2, 0.25) is 0 Å². The Morgan fingerprint density at radius 3 is 1.65 bits per heavy atom. The third-order valence-electron chi connectivity index (χ3n) is 11.3. The molecule has 0 atom stereocenters. The van der Waals surface area contributed by atoms with Crippen LogP contribution in [0.25, 0.3) is 55.0 Å². The molecule has 0 spiro atoms. The van der Waals surface area contributed by atoms with E-state index < -0.39 is 0 Å². The molecule has 2 aliphatic rings. The number of para-hydroxylation sites is 1. The quantitative estimate of drug-likeness (QED) is 0.196. The highest BCUT2D eigenvalue weighted by atomic mass is 16.3. The van der Waals surface area contributed by atoms with Crippen LogP contribution in [0.5, 0.6) is 0 Å². The maximum absolute atomic E-state index is 6.36. The van der Waals surface area contributed by atoms with Crippen molar-refractivity contribution >= 4 is 49.8 Å². The number of benzene rings is 7. The SMILES string of the molecule is CC1(C)c2ccccc2-c2c(N(c3ccc4ccc5oc6ccccc6c5c4c3)c3cccc4c3-c3ccccc3C4(C)C)cccc21. The van der Waals surface area contributed by atoms with Crippen LogP contribution in [0.4, 0.5) is 17.1 Å². The minimum absolute atomic E-state index is 0.105. The molecule has 8 aromatic rings. The molecule has 1 heterocycles. The second-order valence-electron chi connectivity index (χ2n) is 14.5. The first-order chi connectivity index (χ1) is 23.3. The topological polar surface area (TPSA) is 16.4 Å². The molecule has 0 saturated heterocycles. The van der Waals surface area contributed by atoms with E-state index in [0.29, 0.717) is 0 Å². The van der Waals surface area contributed by atoms with E-state index in [9.17, 15) is 0 Å². The van der Waals surface area contributed by atoms with E-state index >= 15 is 0 Å². The van der Waals surface area contributed by atoms with Gasteiger partial charge in [-0.3, -0.25) is 0 Å². The van der Waals surface area contributed by atoms with E-state index in [0.717, 1.165) is 22.2 Å². The number of rotatable bonds is 3. The van der Waals surface area contributed by atoms with Crippen molar-refractivity contribution in [3.05, 3.63) is 162 Å². The number of hydrogen-bond donors (Lipinski definition) is 0. The lowest BCUT2D eigenvalue weighted by Crippen LogP contribution is -2.17. The van der Waals surface area contributed by atoms with Gasteiger partial charge in [-0.1, -0.05) is 131 Å². The average molecular weight is 618 g/mol. The first kappa shape index (κ1) is 27.5. The Morgan fingerprint density at radius 2 is 1.00 bits per heavy atom. The van der Waals surface area contributed by atoms with E-state index in [4.69, 9.17) is 4.42 Å². The fourth-order valence-corrected chi connectivity index (χ4v) is 8.92. The molecule has 2 heteroatoms. The number of anilines is 3. The minimum atomic E-state index is -0.105. The summed E-state index contributed by atoms with van der Waals surface area (Å²) in [6, 6.07) is 51.4. The van der Waals surface area contributed by atoms with Crippen LogP contribution < -0.4 is 4.90 Å². The number of furan rings is 1. The van der Waals surface area contributed by atoms with Gasteiger partial charge in [-0.05, 0) is 80.6 Å². The van der Waals surface area contributed by atoms with Gasteiger partial charge in [-0.2, -0.15) is 0 Å². The molecule has 0 aliphatic heterocycles. The Bertz CT molecular complexity index is 2530. The zero-order valence-electron chi connectivity index (χ0n) is 27.6. The van der Waals surface area contributed by atoms with Gasteiger partial charge in [0, 0.05) is 38.4 Å². The lowest BCUT2D eigenvalue weighted by atomic mass is 9.82. The Morgan fingerprint density at radius 1 is 0.458 bits per heavy atom. The summed E-state index contributed by atoms with van der Waals surface area (Å²) in [5, 5.41) is 4.71. The molecule has 10 rings (SSSR count). The van der Waals surface area contributed by atoms with Gasteiger partial charge in [0.15, 0.2) is 0 Å². The van der Waals surface area contributed by atoms with Crippen molar-refractivity contribution in [1.29, 1.82) is 0 Å². The molecule has 0 saturated carbocycles. The Hall–Kier alpha value is -5.60. The van der Waals surface area contributed by atoms with Crippen LogP contribution in [0.2, 0.25) is 0 Å². The first-order valence-electron chi connectivity index (χ1n) is 16.9. The summed E-state index contributed by atoms with van der Waals surface area (Å²) in [5.41, 5.74) is 15.9. The normalized spacial score (nSPS) is 15.0. The predicted octanol–water partition coefficient (Wildman–Crippen LogP) is 12.8. The van der Waals surface area contributed by atoms with Crippen LogP contribution in [0.15, 0.2) is 144 Å². The molecule has 0 fully saturated rings. The first-order valence-corrected chi connectivity index (χ1v) is 16.9.